The van der Waals surface area contributed by atoms with Crippen LogP contribution in [-0.4, -0.2) is 18.5 Å². The Labute approximate surface area is 73.7 Å². The quantitative estimate of drug-likeness (QED) is 0.650. The molecule has 3 N–H and O–H groups in total. The summed E-state index contributed by atoms with van der Waals surface area (Å²) in [5.74, 6) is -0.00868. The van der Waals surface area contributed by atoms with E-state index in [9.17, 15) is 4.79 Å². The third-order valence-electron chi connectivity index (χ3n) is 2.57. The first-order valence-corrected chi connectivity index (χ1v) is 4.61. The molecule has 0 radical (unpaired) electrons. The van der Waals surface area contributed by atoms with Crippen molar-refractivity contribution >= 4 is 5.91 Å². The molecule has 3 heteroatoms. The minimum atomic E-state index is -0.327. The molecular weight excluding hydrogens is 152 g/mol. The van der Waals surface area contributed by atoms with E-state index in [1.807, 2.05) is 6.92 Å². The van der Waals surface area contributed by atoms with Crippen molar-refractivity contribution in [2.45, 2.75) is 39.2 Å². The molecule has 0 aromatic carbocycles. The van der Waals surface area contributed by atoms with E-state index in [-0.39, 0.29) is 11.9 Å². The van der Waals surface area contributed by atoms with Crippen molar-refractivity contribution in [1.29, 1.82) is 0 Å². The Balaban J connectivity index is 2.18. The highest BCUT2D eigenvalue weighted by molar-refractivity contribution is 5.81. The lowest BCUT2D eigenvalue weighted by Gasteiger charge is -2.13. The summed E-state index contributed by atoms with van der Waals surface area (Å²) < 4.78 is 0. The van der Waals surface area contributed by atoms with Crippen LogP contribution in [0.15, 0.2) is 0 Å². The largest absolute Gasteiger partial charge is 0.354 e. The Morgan fingerprint density at radius 1 is 1.67 bits per heavy atom. The molecule has 0 aliphatic heterocycles. The second-order valence-electron chi connectivity index (χ2n) is 4.04. The van der Waals surface area contributed by atoms with Gasteiger partial charge in [-0.3, -0.25) is 4.79 Å². The number of nitrogens with one attached hydrogen (secondary N) is 1. The Hall–Kier alpha value is -0.570. The number of carbonyl (C=O) groups excluding carboxylic acids is 1. The van der Waals surface area contributed by atoms with Gasteiger partial charge in [-0.05, 0) is 24.7 Å². The summed E-state index contributed by atoms with van der Waals surface area (Å²) in [7, 11) is 0. The van der Waals surface area contributed by atoms with Crippen molar-refractivity contribution in [1.82, 2.24) is 5.32 Å². The summed E-state index contributed by atoms with van der Waals surface area (Å²) in [4.78, 5) is 11.2. The van der Waals surface area contributed by atoms with Crippen molar-refractivity contribution in [2.24, 2.45) is 11.1 Å². The molecule has 3 nitrogen and oxygen atoms in total. The van der Waals surface area contributed by atoms with Gasteiger partial charge in [-0.2, -0.15) is 0 Å². The monoisotopic (exact) mass is 170 g/mol. The second kappa shape index (κ2) is 3.44. The van der Waals surface area contributed by atoms with E-state index in [0.29, 0.717) is 11.8 Å². The van der Waals surface area contributed by atoms with Crippen LogP contribution in [-0.2, 0) is 4.79 Å². The van der Waals surface area contributed by atoms with Crippen LogP contribution in [0.4, 0.5) is 0 Å². The lowest BCUT2D eigenvalue weighted by atomic mass is 10.1. The Kier molecular flexibility index (Phi) is 2.73. The van der Waals surface area contributed by atoms with Gasteiger partial charge in [0.15, 0.2) is 0 Å². The van der Waals surface area contributed by atoms with Crippen molar-refractivity contribution < 1.29 is 4.79 Å². The summed E-state index contributed by atoms with van der Waals surface area (Å²) in [6.07, 6.45) is 3.17. The van der Waals surface area contributed by atoms with Gasteiger partial charge < -0.3 is 11.1 Å². The molecule has 1 atom stereocenters. The fourth-order valence-electron chi connectivity index (χ4n) is 1.01. The maximum Gasteiger partial charge on any atom is 0.236 e. The molecule has 0 spiro atoms. The summed E-state index contributed by atoms with van der Waals surface area (Å²) in [6.45, 7) is 4.90. The topological polar surface area (TPSA) is 55.1 Å². The first-order valence-electron chi connectivity index (χ1n) is 4.61. The van der Waals surface area contributed by atoms with Crippen molar-refractivity contribution in [3.63, 3.8) is 0 Å². The zero-order valence-electron chi connectivity index (χ0n) is 7.89. The smallest absolute Gasteiger partial charge is 0.236 e. The summed E-state index contributed by atoms with van der Waals surface area (Å²) in [5, 5.41) is 2.87. The van der Waals surface area contributed by atoms with Crippen LogP contribution in [0.3, 0.4) is 0 Å². The minimum Gasteiger partial charge on any atom is -0.354 e. The Morgan fingerprint density at radius 2 is 2.25 bits per heavy atom. The average Bonchev–Trinajstić information content (AvgIpc) is 2.79. The van der Waals surface area contributed by atoms with E-state index in [0.717, 1.165) is 6.54 Å². The van der Waals surface area contributed by atoms with Crippen LogP contribution in [0.1, 0.15) is 33.1 Å². The number of hydrogen-bond donors (Lipinski definition) is 2. The number of rotatable bonds is 4. The fraction of sp³-hybridized carbons (Fsp3) is 0.889. The van der Waals surface area contributed by atoms with Crippen LogP contribution in [0.2, 0.25) is 0 Å². The first-order chi connectivity index (χ1) is 5.57. The second-order valence-corrected chi connectivity index (χ2v) is 4.04. The van der Waals surface area contributed by atoms with E-state index in [1.54, 1.807) is 0 Å². The summed E-state index contributed by atoms with van der Waals surface area (Å²) in [5.41, 5.74) is 5.93. The molecule has 0 aromatic rings. The van der Waals surface area contributed by atoms with Gasteiger partial charge in [0, 0.05) is 6.54 Å². The Morgan fingerprint density at radius 3 is 2.67 bits per heavy atom. The zero-order valence-corrected chi connectivity index (χ0v) is 7.89. The molecule has 1 rings (SSSR count). The molecule has 1 aliphatic carbocycles. The molecule has 12 heavy (non-hydrogen) atoms. The van der Waals surface area contributed by atoms with Crippen LogP contribution in [0.5, 0.6) is 0 Å². The highest BCUT2D eigenvalue weighted by Gasteiger charge is 2.37. The van der Waals surface area contributed by atoms with Gasteiger partial charge in [-0.15, -0.1) is 0 Å². The van der Waals surface area contributed by atoms with E-state index in [4.69, 9.17) is 5.73 Å². The maximum atomic E-state index is 11.2. The molecule has 0 saturated heterocycles. The van der Waals surface area contributed by atoms with Gasteiger partial charge in [-0.1, -0.05) is 13.8 Å². The predicted octanol–water partition coefficient (Wildman–Crippen LogP) is 0.640. The molecule has 1 amide bonds. The molecule has 0 heterocycles. The predicted molar refractivity (Wildman–Crippen MR) is 48.6 cm³/mol. The highest BCUT2D eigenvalue weighted by atomic mass is 16.2. The van der Waals surface area contributed by atoms with Gasteiger partial charge in [0.2, 0.25) is 5.91 Å². The number of nitrogens with two attached hydrogens (primary N) is 1. The van der Waals surface area contributed by atoms with Gasteiger partial charge >= 0.3 is 0 Å². The van der Waals surface area contributed by atoms with Crippen LogP contribution >= 0.6 is 0 Å². The lowest BCUT2D eigenvalue weighted by molar-refractivity contribution is -0.122. The standard InChI is InChI=1S/C9H18N2O/c1-3-7(10)8(12)11-6-9(2)4-5-9/h7H,3-6,10H2,1-2H3,(H,11,12)/t7-/m1/s1. The molecule has 1 saturated carbocycles. The molecule has 0 unspecified atom stereocenters. The van der Waals surface area contributed by atoms with Crippen molar-refractivity contribution in [2.75, 3.05) is 6.54 Å². The molecule has 1 aliphatic rings. The summed E-state index contributed by atoms with van der Waals surface area (Å²) >= 11 is 0. The third kappa shape index (κ3) is 2.48. The number of hydrogen-bond acceptors (Lipinski definition) is 2. The van der Waals surface area contributed by atoms with Gasteiger partial charge in [0.1, 0.15) is 0 Å². The van der Waals surface area contributed by atoms with E-state index >= 15 is 0 Å². The van der Waals surface area contributed by atoms with Crippen LogP contribution in [0, 0.1) is 5.41 Å². The highest BCUT2D eigenvalue weighted by Crippen LogP contribution is 2.43. The number of amides is 1. The SMILES string of the molecule is CC[C@@H](N)C(=O)NCC1(C)CC1. The summed E-state index contributed by atoms with van der Waals surface area (Å²) in [6, 6.07) is -0.327. The number of carbonyl (C=O) groups is 1. The van der Waals surface area contributed by atoms with Gasteiger partial charge in [0.25, 0.3) is 0 Å². The van der Waals surface area contributed by atoms with E-state index in [1.165, 1.54) is 12.8 Å². The first kappa shape index (κ1) is 9.52. The van der Waals surface area contributed by atoms with Crippen LogP contribution < -0.4 is 11.1 Å². The minimum absolute atomic E-state index is 0.00868. The molecular formula is C9H18N2O. The third-order valence-corrected chi connectivity index (χ3v) is 2.57. The van der Waals surface area contributed by atoms with E-state index < -0.39 is 0 Å². The zero-order chi connectivity index (χ0) is 9.19. The van der Waals surface area contributed by atoms with Crippen molar-refractivity contribution in [3.05, 3.63) is 0 Å². The molecule has 0 bridgehead atoms. The normalized spacial score (nSPS) is 21.6. The van der Waals surface area contributed by atoms with Gasteiger partial charge in [0.05, 0.1) is 6.04 Å². The molecule has 1 fully saturated rings. The average molecular weight is 170 g/mol. The Bertz CT molecular complexity index is 175. The van der Waals surface area contributed by atoms with E-state index in [2.05, 4.69) is 12.2 Å². The van der Waals surface area contributed by atoms with Crippen LogP contribution in [0.25, 0.3) is 0 Å². The van der Waals surface area contributed by atoms with Gasteiger partial charge in [-0.25, -0.2) is 0 Å². The van der Waals surface area contributed by atoms with Crippen molar-refractivity contribution in [3.8, 4) is 0 Å². The molecule has 70 valence electrons. The fourth-order valence-corrected chi connectivity index (χ4v) is 1.01. The maximum absolute atomic E-state index is 11.2. The molecule has 0 aromatic heterocycles. The lowest BCUT2D eigenvalue weighted by Crippen LogP contribution is -2.41.